The molecule has 0 atom stereocenters. The van der Waals surface area contributed by atoms with E-state index in [0.29, 0.717) is 30.0 Å². The number of nitrogens with zero attached hydrogens (tertiary/aromatic N) is 2. The minimum Gasteiger partial charge on any atom is -0.466 e. The normalized spacial score (nSPS) is 10.6. The zero-order valence-electron chi connectivity index (χ0n) is 15.4. The van der Waals surface area contributed by atoms with Gasteiger partial charge in [0.2, 0.25) is 0 Å². The number of hydrogen-bond acceptors (Lipinski definition) is 6. The molecule has 0 aliphatic rings. The molecule has 0 radical (unpaired) electrons. The second-order valence-electron chi connectivity index (χ2n) is 5.92. The number of carbonyl (C=O) groups is 1. The molecule has 0 saturated carbocycles. The summed E-state index contributed by atoms with van der Waals surface area (Å²) < 4.78 is 19.7. The minimum atomic E-state index is -0.386. The Morgan fingerprint density at radius 1 is 1.14 bits per heavy atom. The number of anilines is 1. The highest BCUT2D eigenvalue weighted by molar-refractivity contribution is 7.99. The van der Waals surface area contributed by atoms with Crippen molar-refractivity contribution in [2.24, 2.45) is 0 Å². The molecule has 3 aromatic rings. The van der Waals surface area contributed by atoms with Crippen LogP contribution in [0.3, 0.4) is 0 Å². The first kappa shape index (κ1) is 19.8. The van der Waals surface area contributed by atoms with E-state index < -0.39 is 0 Å². The van der Waals surface area contributed by atoms with E-state index >= 15 is 0 Å². The van der Waals surface area contributed by atoms with Crippen molar-refractivity contribution >= 4 is 23.5 Å². The number of aromatic nitrogens is 2. The third-order valence-electron chi connectivity index (χ3n) is 3.98. The van der Waals surface area contributed by atoms with Gasteiger partial charge in [-0.25, -0.2) is 9.37 Å². The zero-order valence-corrected chi connectivity index (χ0v) is 16.2. The first-order valence-corrected chi connectivity index (χ1v) is 9.82. The highest BCUT2D eigenvalue weighted by Crippen LogP contribution is 2.34. The summed E-state index contributed by atoms with van der Waals surface area (Å²) in [6, 6.07) is 12.7. The van der Waals surface area contributed by atoms with E-state index in [1.54, 1.807) is 24.8 Å². The highest BCUT2D eigenvalue weighted by Gasteiger charge is 2.12. The average molecular weight is 397 g/mol. The summed E-state index contributed by atoms with van der Waals surface area (Å²) in [5.41, 5.74) is 7.99. The number of thioether (sulfide) groups is 1. The fraction of sp³-hybridized carbons (Fsp3) is 0.190. The number of carbonyl (C=O) groups excluding carboxylic acids is 1. The molecule has 28 heavy (non-hydrogen) atoms. The molecular weight excluding hydrogens is 377 g/mol. The summed E-state index contributed by atoms with van der Waals surface area (Å²) in [7, 11) is 0. The number of benzene rings is 2. The standard InChI is InChI=1S/C21H20FN3O2S/c1-2-27-21(26)9-10-28-19-6-4-3-5-15(19)14-7-8-16(17(22)11-14)18-12-25-20(23)13-24-18/h3-8,11-13H,2,9-10H2,1H3,(H2,23,25). The van der Waals surface area contributed by atoms with Crippen molar-refractivity contribution in [2.45, 2.75) is 18.2 Å². The van der Waals surface area contributed by atoms with E-state index in [1.807, 2.05) is 30.3 Å². The topological polar surface area (TPSA) is 78.1 Å². The first-order chi connectivity index (χ1) is 13.6. The minimum absolute atomic E-state index is 0.215. The molecule has 0 bridgehead atoms. The Morgan fingerprint density at radius 3 is 2.68 bits per heavy atom. The molecule has 0 spiro atoms. The molecule has 144 valence electrons. The lowest BCUT2D eigenvalue weighted by atomic mass is 10.0. The van der Waals surface area contributed by atoms with Gasteiger partial charge in [-0.15, -0.1) is 11.8 Å². The first-order valence-electron chi connectivity index (χ1n) is 8.83. The van der Waals surface area contributed by atoms with Crippen LogP contribution >= 0.6 is 11.8 Å². The lowest BCUT2D eigenvalue weighted by Crippen LogP contribution is -2.04. The van der Waals surface area contributed by atoms with Gasteiger partial charge in [0.1, 0.15) is 11.6 Å². The van der Waals surface area contributed by atoms with Gasteiger partial charge in [-0.2, -0.15) is 0 Å². The van der Waals surface area contributed by atoms with Crippen molar-refractivity contribution in [1.29, 1.82) is 0 Å². The van der Waals surface area contributed by atoms with Gasteiger partial charge in [-0.05, 0) is 36.2 Å². The lowest BCUT2D eigenvalue weighted by Gasteiger charge is -2.11. The molecule has 0 unspecified atom stereocenters. The maximum absolute atomic E-state index is 14.7. The highest BCUT2D eigenvalue weighted by atomic mass is 32.2. The molecule has 1 aromatic heterocycles. The molecule has 5 nitrogen and oxygen atoms in total. The van der Waals surface area contributed by atoms with Crippen molar-refractivity contribution in [3.05, 3.63) is 60.7 Å². The van der Waals surface area contributed by atoms with Gasteiger partial charge in [0.15, 0.2) is 0 Å². The predicted octanol–water partition coefficient (Wildman–Crippen LogP) is 4.58. The Morgan fingerprint density at radius 2 is 1.96 bits per heavy atom. The van der Waals surface area contributed by atoms with Crippen molar-refractivity contribution in [3.63, 3.8) is 0 Å². The van der Waals surface area contributed by atoms with Crippen LogP contribution in [0.2, 0.25) is 0 Å². The Labute approximate surface area is 167 Å². The van der Waals surface area contributed by atoms with Gasteiger partial charge in [0, 0.05) is 16.2 Å². The Kier molecular flexibility index (Phi) is 6.60. The van der Waals surface area contributed by atoms with E-state index in [9.17, 15) is 9.18 Å². The van der Waals surface area contributed by atoms with Crippen molar-refractivity contribution < 1.29 is 13.9 Å². The Hall–Kier alpha value is -2.93. The predicted molar refractivity (Wildman–Crippen MR) is 109 cm³/mol. The average Bonchev–Trinajstić information content (AvgIpc) is 2.69. The van der Waals surface area contributed by atoms with Crippen molar-refractivity contribution in [3.8, 4) is 22.4 Å². The summed E-state index contributed by atoms with van der Waals surface area (Å²) in [6.45, 7) is 2.17. The van der Waals surface area contributed by atoms with Gasteiger partial charge in [-0.3, -0.25) is 9.78 Å². The SMILES string of the molecule is CCOC(=O)CCSc1ccccc1-c1ccc(-c2cnc(N)cn2)c(F)c1. The maximum atomic E-state index is 14.7. The van der Waals surface area contributed by atoms with Crippen molar-refractivity contribution in [2.75, 3.05) is 18.1 Å². The van der Waals surface area contributed by atoms with Gasteiger partial charge in [-0.1, -0.05) is 24.3 Å². The fourth-order valence-electron chi connectivity index (χ4n) is 2.68. The quantitative estimate of drug-likeness (QED) is 0.464. The van der Waals surface area contributed by atoms with Crippen LogP contribution in [0.1, 0.15) is 13.3 Å². The Balaban J connectivity index is 1.81. The molecule has 1 heterocycles. The van der Waals surface area contributed by atoms with Crippen molar-refractivity contribution in [1.82, 2.24) is 9.97 Å². The fourth-order valence-corrected chi connectivity index (χ4v) is 3.68. The molecule has 2 N–H and O–H groups in total. The summed E-state index contributed by atoms with van der Waals surface area (Å²) in [5.74, 6) is 0.280. The second-order valence-corrected chi connectivity index (χ2v) is 7.06. The van der Waals surface area contributed by atoms with Crippen LogP contribution < -0.4 is 5.73 Å². The number of halogens is 1. The molecule has 2 aromatic carbocycles. The molecule has 0 amide bonds. The molecule has 0 aliphatic carbocycles. The van der Waals surface area contributed by atoms with Crippen LogP contribution in [-0.4, -0.2) is 28.3 Å². The number of ether oxygens (including phenoxy) is 1. The van der Waals surface area contributed by atoms with Crippen LogP contribution in [-0.2, 0) is 9.53 Å². The molecule has 0 aliphatic heterocycles. The molecular formula is C21H20FN3O2S. The van der Waals surface area contributed by atoms with Crippen LogP contribution in [0, 0.1) is 5.82 Å². The van der Waals surface area contributed by atoms with E-state index in [2.05, 4.69) is 9.97 Å². The van der Waals surface area contributed by atoms with E-state index in [-0.39, 0.29) is 17.6 Å². The van der Waals surface area contributed by atoms with Crippen LogP contribution in [0.25, 0.3) is 22.4 Å². The molecule has 3 rings (SSSR count). The van der Waals surface area contributed by atoms with E-state index in [4.69, 9.17) is 10.5 Å². The van der Waals surface area contributed by atoms with Gasteiger partial charge >= 0.3 is 5.97 Å². The second kappa shape index (κ2) is 9.32. The van der Waals surface area contributed by atoms with E-state index in [1.165, 1.54) is 18.5 Å². The summed E-state index contributed by atoms with van der Waals surface area (Å²) in [4.78, 5) is 20.6. The van der Waals surface area contributed by atoms with Gasteiger partial charge in [0.05, 0.1) is 31.1 Å². The molecule has 7 heteroatoms. The molecule has 0 fully saturated rings. The third kappa shape index (κ3) is 4.86. The summed E-state index contributed by atoms with van der Waals surface area (Å²) in [5, 5.41) is 0. The zero-order chi connectivity index (χ0) is 19.9. The maximum Gasteiger partial charge on any atom is 0.306 e. The van der Waals surface area contributed by atoms with E-state index in [0.717, 1.165) is 16.0 Å². The van der Waals surface area contributed by atoms with Gasteiger partial charge < -0.3 is 10.5 Å². The number of esters is 1. The monoisotopic (exact) mass is 397 g/mol. The van der Waals surface area contributed by atoms with Crippen LogP contribution in [0.15, 0.2) is 59.8 Å². The van der Waals surface area contributed by atoms with Gasteiger partial charge in [0.25, 0.3) is 0 Å². The van der Waals surface area contributed by atoms with Crippen LogP contribution in [0.5, 0.6) is 0 Å². The third-order valence-corrected chi connectivity index (χ3v) is 5.06. The summed E-state index contributed by atoms with van der Waals surface area (Å²) >= 11 is 1.54. The smallest absolute Gasteiger partial charge is 0.306 e. The van der Waals surface area contributed by atoms with Crippen LogP contribution in [0.4, 0.5) is 10.2 Å². The Bertz CT molecular complexity index is 964. The molecule has 0 saturated heterocycles. The number of nitrogens with two attached hydrogens (primary N) is 1. The number of hydrogen-bond donors (Lipinski definition) is 1. The number of nitrogen functional groups attached to an aromatic ring is 1. The lowest BCUT2D eigenvalue weighted by molar-refractivity contribution is -0.142. The number of rotatable bonds is 7. The summed E-state index contributed by atoms with van der Waals surface area (Å²) in [6.07, 6.45) is 3.18. The largest absolute Gasteiger partial charge is 0.466 e.